The molecule has 4 aliphatic rings. The van der Waals surface area contributed by atoms with Crippen LogP contribution in [-0.2, 0) is 19.3 Å². The van der Waals surface area contributed by atoms with Crippen molar-refractivity contribution in [3.05, 3.63) is 100 Å². The molecule has 2 amide bonds. The first-order valence-corrected chi connectivity index (χ1v) is 10.7. The first-order chi connectivity index (χ1) is 14.4. The Bertz CT molecular complexity index is 1130. The van der Waals surface area contributed by atoms with Gasteiger partial charge in [0.05, 0.1) is 17.5 Å². The number of amides is 2. The van der Waals surface area contributed by atoms with E-state index < -0.39 is 21.6 Å². The molecule has 30 heavy (non-hydrogen) atoms. The molecule has 6 heteroatoms. The van der Waals surface area contributed by atoms with Crippen molar-refractivity contribution >= 4 is 52.3 Å². The van der Waals surface area contributed by atoms with Gasteiger partial charge in [-0.05, 0) is 46.5 Å². The van der Waals surface area contributed by atoms with Crippen LogP contribution in [0.1, 0.15) is 22.3 Å². The summed E-state index contributed by atoms with van der Waals surface area (Å²) < 4.78 is 0. The molecule has 3 aromatic rings. The number of imide groups is 1. The number of carbonyl (C=O) groups excluding carboxylic acids is 2. The van der Waals surface area contributed by atoms with Crippen molar-refractivity contribution in [1.82, 2.24) is 0 Å². The molecule has 1 saturated heterocycles. The third kappa shape index (κ3) is 1.94. The largest absolute Gasteiger partial charge is 0.274 e. The van der Waals surface area contributed by atoms with Gasteiger partial charge in [-0.3, -0.25) is 9.59 Å². The van der Waals surface area contributed by atoms with Crippen LogP contribution < -0.4 is 4.90 Å². The lowest BCUT2D eigenvalue weighted by atomic mass is 9.54. The van der Waals surface area contributed by atoms with E-state index in [2.05, 4.69) is 0 Å². The summed E-state index contributed by atoms with van der Waals surface area (Å²) in [6.07, 6.45) is 0. The van der Waals surface area contributed by atoms with Crippen LogP contribution in [-0.4, -0.2) is 11.8 Å². The molecule has 7 rings (SSSR count). The number of hydrogen-bond acceptors (Lipinski definition) is 2. The highest BCUT2D eigenvalue weighted by molar-refractivity contribution is 6.38. The molecule has 0 radical (unpaired) electrons. The van der Waals surface area contributed by atoms with Crippen LogP contribution in [0, 0.1) is 11.8 Å². The minimum absolute atomic E-state index is 0.337. The number of alkyl halides is 2. The second kappa shape index (κ2) is 5.88. The zero-order valence-electron chi connectivity index (χ0n) is 15.5. The molecule has 3 aliphatic carbocycles. The first-order valence-electron chi connectivity index (χ1n) is 9.61. The number of anilines is 1. The maximum atomic E-state index is 13.7. The van der Waals surface area contributed by atoms with Gasteiger partial charge in [-0.1, -0.05) is 60.1 Å². The van der Waals surface area contributed by atoms with E-state index in [1.807, 2.05) is 48.5 Å². The lowest BCUT2D eigenvalue weighted by Crippen LogP contribution is -2.57. The number of carbonyl (C=O) groups is 2. The lowest BCUT2D eigenvalue weighted by molar-refractivity contribution is -0.122. The summed E-state index contributed by atoms with van der Waals surface area (Å²) in [5.74, 6) is -2.28. The summed E-state index contributed by atoms with van der Waals surface area (Å²) in [7, 11) is 0. The second-order valence-electron chi connectivity index (χ2n) is 7.96. The number of halogens is 3. The van der Waals surface area contributed by atoms with Crippen LogP contribution in [0.25, 0.3) is 0 Å². The van der Waals surface area contributed by atoms with E-state index in [0.29, 0.717) is 10.7 Å². The summed E-state index contributed by atoms with van der Waals surface area (Å²) in [5.41, 5.74) is 3.64. The van der Waals surface area contributed by atoms with Gasteiger partial charge in [-0.2, -0.15) is 0 Å². The van der Waals surface area contributed by atoms with E-state index in [1.165, 1.54) is 4.90 Å². The third-order valence-electron chi connectivity index (χ3n) is 6.67. The maximum absolute atomic E-state index is 13.7. The van der Waals surface area contributed by atoms with Crippen LogP contribution in [0.5, 0.6) is 0 Å². The van der Waals surface area contributed by atoms with Gasteiger partial charge in [0, 0.05) is 5.02 Å². The van der Waals surface area contributed by atoms with Gasteiger partial charge in [0.2, 0.25) is 11.8 Å². The predicted octanol–water partition coefficient (Wildman–Crippen LogP) is 5.44. The highest BCUT2D eigenvalue weighted by Crippen LogP contribution is 2.69. The van der Waals surface area contributed by atoms with Crippen molar-refractivity contribution in [2.45, 2.75) is 9.75 Å². The minimum atomic E-state index is -1.16. The van der Waals surface area contributed by atoms with E-state index in [9.17, 15) is 9.59 Å². The molecule has 0 saturated carbocycles. The van der Waals surface area contributed by atoms with E-state index in [4.69, 9.17) is 34.8 Å². The maximum Gasteiger partial charge on any atom is 0.240 e. The van der Waals surface area contributed by atoms with Crippen LogP contribution in [0.15, 0.2) is 72.8 Å². The Labute approximate surface area is 188 Å². The summed E-state index contributed by atoms with van der Waals surface area (Å²) in [6.45, 7) is 0. The predicted molar refractivity (Wildman–Crippen MR) is 117 cm³/mol. The van der Waals surface area contributed by atoms with Crippen LogP contribution in [0.2, 0.25) is 5.02 Å². The fourth-order valence-corrected chi connectivity index (χ4v) is 6.74. The van der Waals surface area contributed by atoms with Crippen molar-refractivity contribution in [1.29, 1.82) is 0 Å². The second-order valence-corrected chi connectivity index (χ2v) is 9.59. The lowest BCUT2D eigenvalue weighted by Gasteiger charge is -2.54. The molecule has 2 bridgehead atoms. The molecular formula is C24H14Cl3NO2. The molecule has 3 aromatic carbocycles. The molecule has 0 aromatic heterocycles. The molecule has 0 spiro atoms. The Balaban J connectivity index is 1.66. The standard InChI is InChI=1S/C24H14Cl3NO2/c25-13-9-11-14(12-10-13)28-21(29)19-20(22(28)30)24(27)16-6-2-1-5-15(16)23(19,26)17-7-3-4-8-18(17)24/h1-12,19-20H/t19-,20-,23?,24?/m1/s1. The Morgan fingerprint density at radius 1 is 0.633 bits per heavy atom. The monoisotopic (exact) mass is 453 g/mol. The number of rotatable bonds is 1. The van der Waals surface area contributed by atoms with E-state index in [0.717, 1.165) is 22.3 Å². The normalized spacial score (nSPS) is 30.8. The van der Waals surface area contributed by atoms with Gasteiger partial charge in [0.15, 0.2) is 0 Å². The summed E-state index contributed by atoms with van der Waals surface area (Å²) >= 11 is 20.8. The summed E-state index contributed by atoms with van der Waals surface area (Å²) in [5, 5.41) is 0.526. The average molecular weight is 455 g/mol. The topological polar surface area (TPSA) is 37.4 Å². The zero-order valence-corrected chi connectivity index (χ0v) is 17.7. The van der Waals surface area contributed by atoms with Gasteiger partial charge in [0.1, 0.15) is 9.75 Å². The molecule has 0 N–H and O–H groups in total. The molecule has 2 atom stereocenters. The van der Waals surface area contributed by atoms with E-state index >= 15 is 0 Å². The SMILES string of the molecule is O=C1[C@H]2[C@H](C(=O)N1c1ccc(Cl)cc1)C1(Cl)c3ccccc3C2(Cl)c2ccccc21. The summed E-state index contributed by atoms with van der Waals surface area (Å²) in [6, 6.07) is 21.8. The minimum Gasteiger partial charge on any atom is -0.274 e. The van der Waals surface area contributed by atoms with Gasteiger partial charge in [-0.25, -0.2) is 4.90 Å². The van der Waals surface area contributed by atoms with Gasteiger partial charge < -0.3 is 0 Å². The molecule has 1 aliphatic heterocycles. The molecule has 0 unspecified atom stereocenters. The molecule has 1 fully saturated rings. The first kappa shape index (κ1) is 18.4. The molecular weight excluding hydrogens is 441 g/mol. The molecule has 148 valence electrons. The highest BCUT2D eigenvalue weighted by atomic mass is 35.5. The smallest absolute Gasteiger partial charge is 0.240 e. The fraction of sp³-hybridized carbons (Fsp3) is 0.167. The quantitative estimate of drug-likeness (QED) is 0.363. The molecule has 3 nitrogen and oxygen atoms in total. The van der Waals surface area contributed by atoms with E-state index in [1.54, 1.807) is 24.3 Å². The van der Waals surface area contributed by atoms with Crippen LogP contribution >= 0.6 is 34.8 Å². The third-order valence-corrected chi connectivity index (χ3v) is 8.21. The Morgan fingerprint density at radius 2 is 1.00 bits per heavy atom. The van der Waals surface area contributed by atoms with Crippen LogP contribution in [0.4, 0.5) is 5.69 Å². The van der Waals surface area contributed by atoms with Crippen molar-refractivity contribution in [3.63, 3.8) is 0 Å². The Morgan fingerprint density at radius 3 is 1.37 bits per heavy atom. The van der Waals surface area contributed by atoms with Crippen molar-refractivity contribution in [2.24, 2.45) is 11.8 Å². The van der Waals surface area contributed by atoms with Crippen molar-refractivity contribution < 1.29 is 9.59 Å². The fourth-order valence-electron chi connectivity index (χ4n) is 5.51. The molecule has 1 heterocycles. The van der Waals surface area contributed by atoms with Gasteiger partial charge >= 0.3 is 0 Å². The van der Waals surface area contributed by atoms with Crippen molar-refractivity contribution in [2.75, 3.05) is 4.90 Å². The number of nitrogens with zero attached hydrogens (tertiary/aromatic N) is 1. The summed E-state index contributed by atoms with van der Waals surface area (Å²) in [4.78, 5) is 26.3. The van der Waals surface area contributed by atoms with Crippen LogP contribution in [0.3, 0.4) is 0 Å². The Kier molecular flexibility index (Phi) is 3.61. The van der Waals surface area contributed by atoms with Gasteiger partial charge in [-0.15, -0.1) is 23.2 Å². The Hall–Kier alpha value is -2.33. The number of benzene rings is 3. The van der Waals surface area contributed by atoms with Crippen molar-refractivity contribution in [3.8, 4) is 0 Å². The number of hydrogen-bond donors (Lipinski definition) is 0. The van der Waals surface area contributed by atoms with E-state index in [-0.39, 0.29) is 11.8 Å². The van der Waals surface area contributed by atoms with Gasteiger partial charge in [0.25, 0.3) is 0 Å². The highest BCUT2D eigenvalue weighted by Gasteiger charge is 2.73. The average Bonchev–Trinajstić information content (AvgIpc) is 3.04. The zero-order chi connectivity index (χ0) is 20.8.